The first kappa shape index (κ1) is 15.9. The molecule has 1 unspecified atom stereocenters. The zero-order chi connectivity index (χ0) is 16.5. The fourth-order valence-electron chi connectivity index (χ4n) is 3.94. The number of nitrogens with one attached hydrogen (secondary N) is 1. The number of halogens is 1. The Labute approximate surface area is 150 Å². The van der Waals surface area contributed by atoms with Gasteiger partial charge in [-0.1, -0.05) is 28.4 Å². The van der Waals surface area contributed by atoms with E-state index < -0.39 is 0 Å². The molecule has 1 atom stereocenters. The molecule has 0 aliphatic carbocycles. The van der Waals surface area contributed by atoms with Gasteiger partial charge in [-0.05, 0) is 49.8 Å². The summed E-state index contributed by atoms with van der Waals surface area (Å²) < 4.78 is 1.11. The maximum absolute atomic E-state index is 12.6. The van der Waals surface area contributed by atoms with E-state index in [4.69, 9.17) is 0 Å². The lowest BCUT2D eigenvalue weighted by Gasteiger charge is -2.23. The van der Waals surface area contributed by atoms with E-state index >= 15 is 0 Å². The second-order valence-electron chi connectivity index (χ2n) is 6.79. The molecule has 126 valence electrons. The van der Waals surface area contributed by atoms with Crippen molar-refractivity contribution >= 4 is 21.8 Å². The van der Waals surface area contributed by atoms with Gasteiger partial charge in [-0.25, -0.2) is 4.98 Å². The Morgan fingerprint density at radius 2 is 2.04 bits per heavy atom. The van der Waals surface area contributed by atoms with E-state index in [0.29, 0.717) is 6.42 Å². The van der Waals surface area contributed by atoms with Gasteiger partial charge in [0.05, 0.1) is 17.9 Å². The van der Waals surface area contributed by atoms with Crippen molar-refractivity contribution in [3.63, 3.8) is 0 Å². The molecule has 24 heavy (non-hydrogen) atoms. The quantitative estimate of drug-likeness (QED) is 0.716. The molecule has 1 N–H and O–H groups in total. The third kappa shape index (κ3) is 3.02. The number of aryl methyl sites for hydroxylation is 1. The van der Waals surface area contributed by atoms with Gasteiger partial charge >= 0.3 is 0 Å². The average molecular weight is 388 g/mol. The molecule has 1 amide bonds. The highest BCUT2D eigenvalue weighted by molar-refractivity contribution is 9.10. The Bertz CT molecular complexity index is 755. The van der Waals surface area contributed by atoms with Gasteiger partial charge in [0, 0.05) is 23.0 Å². The molecule has 3 heterocycles. The first-order valence-corrected chi connectivity index (χ1v) is 9.65. The highest BCUT2D eigenvalue weighted by Crippen LogP contribution is 2.34. The highest BCUT2D eigenvalue weighted by atomic mass is 79.9. The number of benzene rings is 1. The number of nitrogens with zero attached hydrogens (tertiary/aromatic N) is 2. The Kier molecular flexibility index (Phi) is 4.44. The molecule has 4 nitrogen and oxygen atoms in total. The third-order valence-electron chi connectivity index (χ3n) is 5.18. The van der Waals surface area contributed by atoms with Gasteiger partial charge in [-0.2, -0.15) is 0 Å². The second-order valence-corrected chi connectivity index (χ2v) is 7.71. The molecule has 1 aromatic heterocycles. The standard InChI is InChI=1S/C19H22BrN3O/c20-14-8-9-15-13(11-14)5-2-1-3-7-18(24)23-10-4-6-17(23)19-21-12-16(15)22-19/h8-9,11-12,17H,1-7,10H2,(H,21,22). The van der Waals surface area contributed by atoms with Crippen LogP contribution < -0.4 is 0 Å². The largest absolute Gasteiger partial charge is 0.340 e. The smallest absolute Gasteiger partial charge is 0.223 e. The zero-order valence-electron chi connectivity index (χ0n) is 13.7. The van der Waals surface area contributed by atoms with Crippen LogP contribution in [0.25, 0.3) is 11.3 Å². The van der Waals surface area contributed by atoms with Crippen molar-refractivity contribution in [2.24, 2.45) is 0 Å². The zero-order valence-corrected chi connectivity index (χ0v) is 15.3. The Hall–Kier alpha value is -1.62. The lowest BCUT2D eigenvalue weighted by atomic mass is 9.99. The first-order valence-electron chi connectivity index (χ1n) is 8.85. The van der Waals surface area contributed by atoms with E-state index in [0.717, 1.165) is 61.1 Å². The van der Waals surface area contributed by atoms with Gasteiger partial charge < -0.3 is 9.88 Å². The van der Waals surface area contributed by atoms with E-state index in [1.54, 1.807) is 0 Å². The van der Waals surface area contributed by atoms with Crippen LogP contribution in [0.5, 0.6) is 0 Å². The van der Waals surface area contributed by atoms with Crippen LogP contribution >= 0.6 is 15.9 Å². The molecule has 2 aliphatic rings. The molecule has 1 aromatic carbocycles. The molecule has 1 saturated heterocycles. The van der Waals surface area contributed by atoms with Gasteiger partial charge in [-0.3, -0.25) is 4.79 Å². The minimum atomic E-state index is 0.117. The topological polar surface area (TPSA) is 49.0 Å². The van der Waals surface area contributed by atoms with Gasteiger partial charge in [-0.15, -0.1) is 0 Å². The van der Waals surface area contributed by atoms with Gasteiger partial charge in [0.2, 0.25) is 5.91 Å². The molecule has 2 aliphatic heterocycles. The molecule has 2 bridgehead atoms. The number of imidazole rings is 1. The number of rotatable bonds is 0. The Morgan fingerprint density at radius 1 is 1.17 bits per heavy atom. The second kappa shape index (κ2) is 6.71. The lowest BCUT2D eigenvalue weighted by molar-refractivity contribution is -0.132. The summed E-state index contributed by atoms with van der Waals surface area (Å²) >= 11 is 3.59. The third-order valence-corrected chi connectivity index (χ3v) is 5.67. The van der Waals surface area contributed by atoms with E-state index in [9.17, 15) is 4.79 Å². The van der Waals surface area contributed by atoms with Crippen LogP contribution in [0.1, 0.15) is 56.0 Å². The lowest BCUT2D eigenvalue weighted by Crippen LogP contribution is -2.30. The predicted molar refractivity (Wildman–Crippen MR) is 97.6 cm³/mol. The predicted octanol–water partition coefficient (Wildman–Crippen LogP) is 4.62. The number of H-pyrrole nitrogens is 1. The van der Waals surface area contributed by atoms with Gasteiger partial charge in [0.15, 0.2) is 0 Å². The Balaban J connectivity index is 1.75. The number of aromatic nitrogens is 2. The molecule has 2 aromatic rings. The van der Waals surface area contributed by atoms with Gasteiger partial charge in [0.1, 0.15) is 5.82 Å². The molecule has 5 heteroatoms. The maximum Gasteiger partial charge on any atom is 0.223 e. The fraction of sp³-hybridized carbons (Fsp3) is 0.474. The van der Waals surface area contributed by atoms with Crippen molar-refractivity contribution < 1.29 is 4.79 Å². The van der Waals surface area contributed by atoms with Crippen LogP contribution in [0.4, 0.5) is 0 Å². The average Bonchev–Trinajstić information content (AvgIpc) is 3.22. The van der Waals surface area contributed by atoms with Gasteiger partial charge in [0.25, 0.3) is 0 Å². The van der Waals surface area contributed by atoms with E-state index in [1.807, 2.05) is 11.1 Å². The van der Waals surface area contributed by atoms with Crippen molar-refractivity contribution in [1.29, 1.82) is 0 Å². The molecule has 1 fully saturated rings. The first-order chi connectivity index (χ1) is 11.7. The molecule has 0 saturated carbocycles. The summed E-state index contributed by atoms with van der Waals surface area (Å²) in [4.78, 5) is 22.7. The Morgan fingerprint density at radius 3 is 2.96 bits per heavy atom. The summed E-state index contributed by atoms with van der Waals surface area (Å²) in [5, 5.41) is 0. The molecular weight excluding hydrogens is 366 g/mol. The normalized spacial score (nSPS) is 21.5. The summed E-state index contributed by atoms with van der Waals surface area (Å²) in [5.74, 6) is 1.22. The van der Waals surface area contributed by atoms with E-state index in [-0.39, 0.29) is 11.9 Å². The summed E-state index contributed by atoms with van der Waals surface area (Å²) in [6.07, 6.45) is 8.88. The van der Waals surface area contributed by atoms with Crippen molar-refractivity contribution in [3.05, 3.63) is 40.3 Å². The number of hydrogen-bond acceptors (Lipinski definition) is 2. The SMILES string of the molecule is O=C1CCCCCc2cc(Br)ccc2-c2cnc([nH]2)C2CCCN12. The van der Waals surface area contributed by atoms with E-state index in [1.165, 1.54) is 11.1 Å². The van der Waals surface area contributed by atoms with Crippen LogP contribution in [0.2, 0.25) is 0 Å². The van der Waals surface area contributed by atoms with Crippen molar-refractivity contribution in [2.75, 3.05) is 6.54 Å². The number of aromatic amines is 1. The maximum atomic E-state index is 12.6. The van der Waals surface area contributed by atoms with Crippen LogP contribution in [-0.2, 0) is 11.2 Å². The fourth-order valence-corrected chi connectivity index (χ4v) is 4.34. The summed E-state index contributed by atoms with van der Waals surface area (Å²) in [7, 11) is 0. The minimum absolute atomic E-state index is 0.117. The molecule has 0 radical (unpaired) electrons. The molecule has 4 rings (SSSR count). The van der Waals surface area contributed by atoms with Crippen molar-refractivity contribution in [1.82, 2.24) is 14.9 Å². The van der Waals surface area contributed by atoms with Crippen molar-refractivity contribution in [3.8, 4) is 11.3 Å². The van der Waals surface area contributed by atoms with Crippen LogP contribution in [0.3, 0.4) is 0 Å². The monoisotopic (exact) mass is 387 g/mol. The van der Waals surface area contributed by atoms with Crippen LogP contribution in [0, 0.1) is 0 Å². The van der Waals surface area contributed by atoms with E-state index in [2.05, 4.69) is 44.1 Å². The number of carbonyl (C=O) groups excluding carboxylic acids is 1. The summed E-state index contributed by atoms with van der Waals surface area (Å²) in [5.41, 5.74) is 3.63. The number of fused-ring (bicyclic) bond motifs is 6. The van der Waals surface area contributed by atoms with Crippen LogP contribution in [-0.4, -0.2) is 27.3 Å². The molecular formula is C19H22BrN3O. The number of amides is 1. The number of hydrogen-bond donors (Lipinski definition) is 1. The van der Waals surface area contributed by atoms with Crippen molar-refractivity contribution in [2.45, 2.75) is 51.0 Å². The highest BCUT2D eigenvalue weighted by Gasteiger charge is 2.31. The summed E-state index contributed by atoms with van der Waals surface area (Å²) in [6, 6.07) is 6.57. The minimum Gasteiger partial charge on any atom is -0.340 e. The number of carbonyl (C=O) groups is 1. The summed E-state index contributed by atoms with van der Waals surface area (Å²) in [6.45, 7) is 0.864. The molecule has 0 spiro atoms. The van der Waals surface area contributed by atoms with Crippen LogP contribution in [0.15, 0.2) is 28.9 Å².